The van der Waals surface area contributed by atoms with Crippen LogP contribution in [-0.2, 0) is 6.42 Å². The zero-order valence-corrected chi connectivity index (χ0v) is 10.7. The van der Waals surface area contributed by atoms with Gasteiger partial charge < -0.3 is 5.32 Å². The van der Waals surface area contributed by atoms with E-state index >= 15 is 0 Å². The van der Waals surface area contributed by atoms with Crippen LogP contribution < -0.4 is 5.32 Å². The highest BCUT2D eigenvalue weighted by Crippen LogP contribution is 2.35. The molecule has 2 aromatic rings. The lowest BCUT2D eigenvalue weighted by molar-refractivity contribution is 0.612. The summed E-state index contributed by atoms with van der Waals surface area (Å²) in [5, 5.41) is 3.29. The molecule has 0 aromatic heterocycles. The summed E-state index contributed by atoms with van der Waals surface area (Å²) >= 11 is 0. The SMILES string of the molecule is Cc1ccc(NC2CCc3c(F)cccc32)cc1F. The van der Waals surface area contributed by atoms with Crippen molar-refractivity contribution in [2.45, 2.75) is 25.8 Å². The van der Waals surface area contributed by atoms with E-state index in [4.69, 9.17) is 0 Å². The van der Waals surface area contributed by atoms with E-state index in [1.54, 1.807) is 19.1 Å². The number of hydrogen-bond donors (Lipinski definition) is 1. The second kappa shape index (κ2) is 4.65. The molecule has 1 aliphatic rings. The molecule has 0 saturated heterocycles. The minimum atomic E-state index is -0.220. The number of hydrogen-bond acceptors (Lipinski definition) is 1. The minimum Gasteiger partial charge on any atom is -0.378 e. The van der Waals surface area contributed by atoms with Crippen LogP contribution in [-0.4, -0.2) is 0 Å². The number of rotatable bonds is 2. The smallest absolute Gasteiger partial charge is 0.128 e. The highest BCUT2D eigenvalue weighted by Gasteiger charge is 2.24. The van der Waals surface area contributed by atoms with Crippen molar-refractivity contribution in [1.82, 2.24) is 0 Å². The third-order valence-corrected chi connectivity index (χ3v) is 3.73. The molecular formula is C16H15F2N. The van der Waals surface area contributed by atoms with Gasteiger partial charge in [0, 0.05) is 5.69 Å². The van der Waals surface area contributed by atoms with Gasteiger partial charge in [-0.3, -0.25) is 0 Å². The molecule has 0 radical (unpaired) electrons. The van der Waals surface area contributed by atoms with Crippen LogP contribution in [0.25, 0.3) is 0 Å². The Morgan fingerprint density at radius 2 is 1.95 bits per heavy atom. The van der Waals surface area contributed by atoms with Gasteiger partial charge in [0.1, 0.15) is 11.6 Å². The number of aryl methyl sites for hydroxylation is 1. The normalized spacial score (nSPS) is 17.3. The van der Waals surface area contributed by atoms with Gasteiger partial charge >= 0.3 is 0 Å². The van der Waals surface area contributed by atoms with Gasteiger partial charge in [-0.05, 0) is 54.7 Å². The molecule has 0 amide bonds. The monoisotopic (exact) mass is 259 g/mol. The van der Waals surface area contributed by atoms with Gasteiger partial charge in [0.2, 0.25) is 0 Å². The lowest BCUT2D eigenvalue weighted by atomic mass is 10.1. The fraction of sp³-hybridized carbons (Fsp3) is 0.250. The molecule has 1 atom stereocenters. The molecule has 2 aromatic carbocycles. The van der Waals surface area contributed by atoms with Crippen molar-refractivity contribution in [2.24, 2.45) is 0 Å². The van der Waals surface area contributed by atoms with Crippen molar-refractivity contribution < 1.29 is 8.78 Å². The number of fused-ring (bicyclic) bond motifs is 1. The molecule has 1 aliphatic carbocycles. The van der Waals surface area contributed by atoms with E-state index in [0.29, 0.717) is 5.56 Å². The van der Waals surface area contributed by atoms with Crippen LogP contribution >= 0.6 is 0 Å². The van der Waals surface area contributed by atoms with Crippen LogP contribution in [0.4, 0.5) is 14.5 Å². The molecule has 3 heteroatoms. The Balaban J connectivity index is 1.86. The van der Waals surface area contributed by atoms with Gasteiger partial charge in [-0.2, -0.15) is 0 Å². The molecule has 1 N–H and O–H groups in total. The van der Waals surface area contributed by atoms with E-state index in [2.05, 4.69) is 5.32 Å². The second-order valence-corrected chi connectivity index (χ2v) is 5.01. The molecule has 1 unspecified atom stereocenters. The van der Waals surface area contributed by atoms with E-state index in [9.17, 15) is 8.78 Å². The first-order chi connectivity index (χ1) is 9.15. The van der Waals surface area contributed by atoms with Gasteiger partial charge in [-0.1, -0.05) is 18.2 Å². The van der Waals surface area contributed by atoms with Gasteiger partial charge in [0.25, 0.3) is 0 Å². The Bertz CT molecular complexity index is 622. The maximum Gasteiger partial charge on any atom is 0.128 e. The number of nitrogens with one attached hydrogen (secondary N) is 1. The van der Waals surface area contributed by atoms with Crippen molar-refractivity contribution in [1.29, 1.82) is 0 Å². The molecule has 0 saturated carbocycles. The predicted octanol–water partition coefficient (Wildman–Crippen LogP) is 4.37. The summed E-state index contributed by atoms with van der Waals surface area (Å²) in [6.45, 7) is 1.74. The fourth-order valence-corrected chi connectivity index (χ4v) is 2.64. The maximum atomic E-state index is 13.6. The average Bonchev–Trinajstić information content (AvgIpc) is 2.79. The Morgan fingerprint density at radius 3 is 2.74 bits per heavy atom. The number of anilines is 1. The van der Waals surface area contributed by atoms with Gasteiger partial charge in [0.15, 0.2) is 0 Å². The third kappa shape index (κ3) is 2.21. The van der Waals surface area contributed by atoms with Crippen LogP contribution in [0.1, 0.15) is 29.2 Å². The van der Waals surface area contributed by atoms with E-state index in [0.717, 1.165) is 29.7 Å². The van der Waals surface area contributed by atoms with Gasteiger partial charge in [-0.15, -0.1) is 0 Å². The van der Waals surface area contributed by atoms with Crippen LogP contribution in [0.2, 0.25) is 0 Å². The average molecular weight is 259 g/mol. The van der Waals surface area contributed by atoms with E-state index in [1.807, 2.05) is 12.1 Å². The molecule has 3 rings (SSSR count). The molecule has 0 bridgehead atoms. The number of halogens is 2. The van der Waals surface area contributed by atoms with Crippen LogP contribution in [0.5, 0.6) is 0 Å². The van der Waals surface area contributed by atoms with Gasteiger partial charge in [0.05, 0.1) is 6.04 Å². The summed E-state index contributed by atoms with van der Waals surface area (Å²) in [6, 6.07) is 10.3. The standard InChI is InChI=1S/C16H15F2N/c1-10-5-6-11(9-15(10)18)19-16-8-7-12-13(16)3-2-4-14(12)17/h2-6,9,16,19H,7-8H2,1H3. The number of benzene rings is 2. The lowest BCUT2D eigenvalue weighted by Crippen LogP contribution is -2.07. The quantitative estimate of drug-likeness (QED) is 0.844. The van der Waals surface area contributed by atoms with Crippen molar-refractivity contribution in [3.8, 4) is 0 Å². The minimum absolute atomic E-state index is 0.0628. The summed E-state index contributed by atoms with van der Waals surface area (Å²) < 4.78 is 27.1. The van der Waals surface area contributed by atoms with Gasteiger partial charge in [-0.25, -0.2) is 8.78 Å². The molecule has 0 spiro atoms. The van der Waals surface area contributed by atoms with Crippen LogP contribution in [0, 0.1) is 18.6 Å². The Labute approximate surface area is 111 Å². The Morgan fingerprint density at radius 1 is 1.11 bits per heavy atom. The maximum absolute atomic E-state index is 13.6. The Kier molecular flexibility index (Phi) is 2.97. The largest absolute Gasteiger partial charge is 0.378 e. The van der Waals surface area contributed by atoms with Crippen LogP contribution in [0.3, 0.4) is 0 Å². The first-order valence-electron chi connectivity index (χ1n) is 6.45. The first kappa shape index (κ1) is 12.2. The molecule has 1 nitrogen and oxygen atoms in total. The zero-order valence-electron chi connectivity index (χ0n) is 10.7. The summed E-state index contributed by atoms with van der Waals surface area (Å²) in [6.07, 6.45) is 1.57. The van der Waals surface area contributed by atoms with E-state index in [-0.39, 0.29) is 17.7 Å². The zero-order chi connectivity index (χ0) is 13.4. The summed E-state index contributed by atoms with van der Waals surface area (Å²) in [7, 11) is 0. The van der Waals surface area contributed by atoms with E-state index in [1.165, 1.54) is 12.1 Å². The lowest BCUT2D eigenvalue weighted by Gasteiger charge is -2.16. The molecule has 98 valence electrons. The summed E-state index contributed by atoms with van der Waals surface area (Å²) in [5.41, 5.74) is 3.14. The second-order valence-electron chi connectivity index (χ2n) is 5.01. The van der Waals surface area contributed by atoms with Crippen molar-refractivity contribution in [3.05, 3.63) is 64.7 Å². The molecule has 0 aliphatic heterocycles. The van der Waals surface area contributed by atoms with Crippen molar-refractivity contribution >= 4 is 5.69 Å². The van der Waals surface area contributed by atoms with E-state index < -0.39 is 0 Å². The highest BCUT2D eigenvalue weighted by molar-refractivity contribution is 5.49. The summed E-state index contributed by atoms with van der Waals surface area (Å²) in [4.78, 5) is 0. The molecule has 19 heavy (non-hydrogen) atoms. The third-order valence-electron chi connectivity index (χ3n) is 3.73. The Hall–Kier alpha value is -1.90. The fourth-order valence-electron chi connectivity index (χ4n) is 2.64. The van der Waals surface area contributed by atoms with Crippen LogP contribution in [0.15, 0.2) is 36.4 Å². The molecular weight excluding hydrogens is 244 g/mol. The molecule has 0 heterocycles. The van der Waals surface area contributed by atoms with Crippen molar-refractivity contribution in [2.75, 3.05) is 5.32 Å². The summed E-state index contributed by atoms with van der Waals surface area (Å²) in [5.74, 6) is -0.362. The predicted molar refractivity (Wildman–Crippen MR) is 72.2 cm³/mol. The first-order valence-corrected chi connectivity index (χ1v) is 6.45. The topological polar surface area (TPSA) is 12.0 Å². The van der Waals surface area contributed by atoms with Crippen molar-refractivity contribution in [3.63, 3.8) is 0 Å². The molecule has 0 fully saturated rings. The highest BCUT2D eigenvalue weighted by atomic mass is 19.1.